The molecule has 2 aliphatic carbocycles. The molecule has 40 heavy (non-hydrogen) atoms. The fraction of sp³-hybridized carbons (Fsp3) is 0.333. The highest BCUT2D eigenvalue weighted by atomic mass is 79.9. The molecule has 0 fully saturated rings. The first kappa shape index (κ1) is 28.8. The van der Waals surface area contributed by atoms with Crippen LogP contribution in [0.1, 0.15) is 51.3 Å². The van der Waals surface area contributed by atoms with E-state index in [2.05, 4.69) is 64.0 Å². The maximum absolute atomic E-state index is 12.9. The molecule has 0 bridgehead atoms. The van der Waals surface area contributed by atoms with Crippen molar-refractivity contribution in [1.29, 1.82) is 0 Å². The molecule has 0 spiro atoms. The van der Waals surface area contributed by atoms with E-state index in [-0.39, 0.29) is 16.2 Å². The standard InChI is InChI=1S/C30H33BrClN5O2S/c1-30(2,3)22-11-13-23(14-12-22)40(38,39)35-18-21-8-6-7-20(15-21)17-33-28-16-27(24-9-4-5-10-26(24)32)36-29-25(31)19-34-37(28)29/h4,6-9,11-14,16,19,21,33,35H,5,10,15,17-18H2,1-3H3. The molecular formula is C30H33BrClN5O2S. The molecule has 0 aliphatic heterocycles. The predicted octanol–water partition coefficient (Wildman–Crippen LogP) is 6.98. The highest BCUT2D eigenvalue weighted by Gasteiger charge is 2.21. The molecule has 7 nitrogen and oxygen atoms in total. The van der Waals surface area contributed by atoms with Crippen LogP contribution in [-0.2, 0) is 15.4 Å². The second-order valence-corrected chi connectivity index (χ2v) is 14.2. The number of benzene rings is 1. The molecule has 2 aliphatic rings. The van der Waals surface area contributed by atoms with Crippen LogP contribution in [0.15, 0.2) is 86.9 Å². The van der Waals surface area contributed by atoms with Gasteiger partial charge in [0.1, 0.15) is 5.82 Å². The Morgan fingerprint density at radius 2 is 1.98 bits per heavy atom. The van der Waals surface area contributed by atoms with Gasteiger partial charge < -0.3 is 5.32 Å². The lowest BCUT2D eigenvalue weighted by atomic mass is 9.87. The lowest BCUT2D eigenvalue weighted by Crippen LogP contribution is -2.30. The number of anilines is 1. The van der Waals surface area contributed by atoms with Crippen LogP contribution in [0, 0.1) is 5.92 Å². The van der Waals surface area contributed by atoms with Crippen molar-refractivity contribution in [3.05, 3.63) is 93.2 Å². The number of halogens is 2. The third-order valence-corrected chi connectivity index (χ3v) is 9.51. The van der Waals surface area contributed by atoms with Crippen LogP contribution >= 0.6 is 27.5 Å². The van der Waals surface area contributed by atoms with Gasteiger partial charge in [0.2, 0.25) is 10.0 Å². The Morgan fingerprint density at radius 3 is 2.70 bits per heavy atom. The van der Waals surface area contributed by atoms with E-state index in [1.165, 1.54) is 0 Å². The second kappa shape index (κ2) is 11.6. The highest BCUT2D eigenvalue weighted by Crippen LogP contribution is 2.32. The van der Waals surface area contributed by atoms with Gasteiger partial charge in [0.15, 0.2) is 5.65 Å². The molecule has 2 N–H and O–H groups in total. The summed E-state index contributed by atoms with van der Waals surface area (Å²) in [6, 6.07) is 9.10. The van der Waals surface area contributed by atoms with Crippen LogP contribution in [0.5, 0.6) is 0 Å². The smallest absolute Gasteiger partial charge is 0.240 e. The molecule has 210 valence electrons. The normalized spacial score (nSPS) is 17.9. The number of nitrogens with one attached hydrogen (secondary N) is 2. The highest BCUT2D eigenvalue weighted by molar-refractivity contribution is 9.10. The maximum atomic E-state index is 12.9. The number of rotatable bonds is 8. The third kappa shape index (κ3) is 6.43. The van der Waals surface area contributed by atoms with E-state index in [0.29, 0.717) is 18.7 Å². The minimum absolute atomic E-state index is 0.0336. The summed E-state index contributed by atoms with van der Waals surface area (Å²) in [5.74, 6) is 0.849. The van der Waals surface area contributed by atoms with Crippen molar-refractivity contribution in [3.63, 3.8) is 0 Å². The lowest BCUT2D eigenvalue weighted by Gasteiger charge is -2.21. The van der Waals surface area contributed by atoms with Crippen molar-refractivity contribution >= 4 is 54.6 Å². The van der Waals surface area contributed by atoms with Crippen LogP contribution in [0.4, 0.5) is 5.82 Å². The Kier molecular flexibility index (Phi) is 8.38. The van der Waals surface area contributed by atoms with Crippen LogP contribution in [0.2, 0.25) is 0 Å². The molecular weight excluding hydrogens is 610 g/mol. The van der Waals surface area contributed by atoms with Gasteiger partial charge in [-0.25, -0.2) is 18.1 Å². The Hall–Kier alpha value is -2.72. The predicted molar refractivity (Wildman–Crippen MR) is 166 cm³/mol. The molecule has 1 atom stereocenters. The van der Waals surface area contributed by atoms with E-state index in [0.717, 1.165) is 57.0 Å². The quantitative estimate of drug-likeness (QED) is 0.277. The first-order valence-corrected chi connectivity index (χ1v) is 16.0. The second-order valence-electron chi connectivity index (χ2n) is 11.2. The number of nitrogens with zero attached hydrogens (tertiary/aromatic N) is 3. The van der Waals surface area contributed by atoms with Crippen molar-refractivity contribution in [1.82, 2.24) is 19.3 Å². The van der Waals surface area contributed by atoms with Gasteiger partial charge in [0.25, 0.3) is 0 Å². The van der Waals surface area contributed by atoms with Crippen molar-refractivity contribution in [2.75, 3.05) is 18.4 Å². The zero-order valence-corrected chi connectivity index (χ0v) is 25.9. The third-order valence-electron chi connectivity index (χ3n) is 7.11. The van der Waals surface area contributed by atoms with E-state index < -0.39 is 10.0 Å². The largest absolute Gasteiger partial charge is 0.366 e. The van der Waals surface area contributed by atoms with E-state index in [4.69, 9.17) is 16.6 Å². The van der Waals surface area contributed by atoms with Crippen LogP contribution in [-0.4, -0.2) is 36.1 Å². The molecule has 0 saturated carbocycles. The van der Waals surface area contributed by atoms with Gasteiger partial charge >= 0.3 is 0 Å². The van der Waals surface area contributed by atoms with E-state index in [1.54, 1.807) is 22.8 Å². The van der Waals surface area contributed by atoms with Crippen LogP contribution in [0.25, 0.3) is 11.2 Å². The van der Waals surface area contributed by atoms with Gasteiger partial charge in [-0.2, -0.15) is 9.61 Å². The summed E-state index contributed by atoms with van der Waals surface area (Å²) >= 11 is 10.1. The molecule has 2 aromatic heterocycles. The molecule has 1 unspecified atom stereocenters. The van der Waals surface area contributed by atoms with Gasteiger partial charge in [-0.1, -0.05) is 80.5 Å². The monoisotopic (exact) mass is 641 g/mol. The van der Waals surface area contributed by atoms with Crippen molar-refractivity contribution in [3.8, 4) is 0 Å². The minimum Gasteiger partial charge on any atom is -0.366 e. The molecule has 3 aromatic rings. The minimum atomic E-state index is -3.60. The van der Waals surface area contributed by atoms with Crippen LogP contribution in [0.3, 0.4) is 0 Å². The summed E-state index contributed by atoms with van der Waals surface area (Å²) in [5.41, 5.74) is 4.64. The fourth-order valence-corrected chi connectivity index (χ4v) is 6.50. The zero-order chi connectivity index (χ0) is 28.5. The Labute approximate surface area is 249 Å². The maximum Gasteiger partial charge on any atom is 0.240 e. The zero-order valence-electron chi connectivity index (χ0n) is 22.8. The molecule has 2 heterocycles. The molecule has 0 radical (unpaired) electrons. The van der Waals surface area contributed by atoms with E-state index in [1.807, 2.05) is 36.4 Å². The number of aromatic nitrogens is 3. The average Bonchev–Trinajstić information content (AvgIpc) is 3.31. The number of allylic oxidation sites excluding steroid dienone is 6. The van der Waals surface area contributed by atoms with Crippen molar-refractivity contribution < 1.29 is 8.42 Å². The summed E-state index contributed by atoms with van der Waals surface area (Å²) < 4.78 is 31.2. The van der Waals surface area contributed by atoms with Gasteiger partial charge in [-0.05, 0) is 64.2 Å². The van der Waals surface area contributed by atoms with Gasteiger partial charge in [0.05, 0.1) is 21.3 Å². The van der Waals surface area contributed by atoms with Crippen molar-refractivity contribution in [2.45, 2.75) is 50.3 Å². The molecule has 1 aromatic carbocycles. The first-order valence-electron chi connectivity index (χ1n) is 13.3. The summed E-state index contributed by atoms with van der Waals surface area (Å²) in [7, 11) is -3.60. The number of fused-ring (bicyclic) bond motifs is 1. The Balaban J connectivity index is 1.25. The SMILES string of the molecule is CC(C)(C)c1ccc(S(=O)(=O)NCC2C=CC=C(CNc3cc(C4=C(Cl)CCC=C4)nc4c(Br)cnn34)C2)cc1. The fourth-order valence-electron chi connectivity index (χ4n) is 4.79. The van der Waals surface area contributed by atoms with E-state index >= 15 is 0 Å². The molecule has 5 rings (SSSR count). The average molecular weight is 643 g/mol. The summed E-state index contributed by atoms with van der Waals surface area (Å²) in [5, 5.41) is 8.79. The summed E-state index contributed by atoms with van der Waals surface area (Å²) in [6.45, 7) is 7.23. The van der Waals surface area contributed by atoms with E-state index in [9.17, 15) is 8.42 Å². The van der Waals surface area contributed by atoms with Gasteiger partial charge in [0, 0.05) is 29.8 Å². The topological polar surface area (TPSA) is 88.4 Å². The molecule has 0 amide bonds. The molecule has 0 saturated heterocycles. The van der Waals surface area contributed by atoms with Crippen molar-refractivity contribution in [2.24, 2.45) is 5.92 Å². The number of hydrogen-bond acceptors (Lipinski definition) is 5. The lowest BCUT2D eigenvalue weighted by molar-refractivity contribution is 0.557. The summed E-state index contributed by atoms with van der Waals surface area (Å²) in [6.07, 6.45) is 14.4. The first-order chi connectivity index (χ1) is 19.0. The van der Waals surface area contributed by atoms with Crippen LogP contribution < -0.4 is 10.0 Å². The van der Waals surface area contributed by atoms with Gasteiger partial charge in [-0.3, -0.25) is 0 Å². The number of hydrogen-bond donors (Lipinski definition) is 2. The van der Waals surface area contributed by atoms with Gasteiger partial charge in [-0.15, -0.1) is 0 Å². The Morgan fingerprint density at radius 1 is 1.20 bits per heavy atom. The molecule has 10 heteroatoms. The number of sulfonamides is 1. The summed E-state index contributed by atoms with van der Waals surface area (Å²) in [4.78, 5) is 5.08. The Bertz CT molecular complexity index is 1650.